The van der Waals surface area contributed by atoms with Gasteiger partial charge in [-0.3, -0.25) is 4.90 Å². The van der Waals surface area contributed by atoms with E-state index < -0.39 is 0 Å². The van der Waals surface area contributed by atoms with Gasteiger partial charge in [-0.1, -0.05) is 6.07 Å². The lowest BCUT2D eigenvalue weighted by Crippen LogP contribution is -2.38. The molecule has 4 heterocycles. The van der Waals surface area contributed by atoms with Crippen molar-refractivity contribution in [3.05, 3.63) is 75.7 Å². The summed E-state index contributed by atoms with van der Waals surface area (Å²) in [5.41, 5.74) is 6.35. The van der Waals surface area contributed by atoms with Crippen LogP contribution in [0.25, 0.3) is 5.82 Å². The minimum absolute atomic E-state index is 0.0531. The molecule has 1 saturated heterocycles. The molecule has 0 aliphatic carbocycles. The van der Waals surface area contributed by atoms with E-state index in [0.717, 1.165) is 47.5 Å². The van der Waals surface area contributed by atoms with Gasteiger partial charge in [-0.25, -0.2) is 14.5 Å². The molecule has 0 N–H and O–H groups in total. The highest BCUT2D eigenvalue weighted by Crippen LogP contribution is 2.32. The molecule has 2 aliphatic heterocycles. The molecule has 32 heavy (non-hydrogen) atoms. The highest BCUT2D eigenvalue weighted by atomic mass is 16.5. The van der Waals surface area contributed by atoms with Crippen LogP contribution in [0.1, 0.15) is 49.8 Å². The van der Waals surface area contributed by atoms with E-state index in [2.05, 4.69) is 21.1 Å². The molecule has 0 unspecified atom stereocenters. The first-order valence-electron chi connectivity index (χ1n) is 10.6. The standard InChI is InChI=1S/C24H23N5O3/c1-15-7-23(26-10-18(15)8-25)29-12-17(9-27-29)11-28-5-6-31-22(13-28)19-3-4-20-21(16(19)2)14-32-24(20)30/h3-4,7,9-10,12,22H,5-6,11,13-14H2,1-2H3/t22-/m1/s1. The molecule has 2 aliphatic rings. The fraction of sp³-hybridized carbons (Fsp3) is 0.333. The Kier molecular flexibility index (Phi) is 5.21. The van der Waals surface area contributed by atoms with Gasteiger partial charge in [0, 0.05) is 43.2 Å². The topological polar surface area (TPSA) is 93.3 Å². The Balaban J connectivity index is 1.30. The maximum absolute atomic E-state index is 11.8. The van der Waals surface area contributed by atoms with Crippen molar-refractivity contribution in [1.82, 2.24) is 19.7 Å². The third-order valence-electron chi connectivity index (χ3n) is 6.20. The lowest BCUT2D eigenvalue weighted by Gasteiger charge is -2.33. The molecule has 0 radical (unpaired) electrons. The summed E-state index contributed by atoms with van der Waals surface area (Å²) in [5, 5.41) is 13.5. The van der Waals surface area contributed by atoms with Gasteiger partial charge in [0.15, 0.2) is 5.82 Å². The second kappa shape index (κ2) is 8.19. The van der Waals surface area contributed by atoms with Gasteiger partial charge in [-0.2, -0.15) is 10.4 Å². The van der Waals surface area contributed by atoms with Crippen LogP contribution in [0.5, 0.6) is 0 Å². The number of aromatic nitrogens is 3. The fourth-order valence-electron chi connectivity index (χ4n) is 4.36. The van der Waals surface area contributed by atoms with Gasteiger partial charge in [-0.15, -0.1) is 0 Å². The van der Waals surface area contributed by atoms with E-state index in [9.17, 15) is 4.79 Å². The number of rotatable bonds is 4. The lowest BCUT2D eigenvalue weighted by molar-refractivity contribution is -0.0332. The number of esters is 1. The molecule has 0 spiro atoms. The molecule has 8 heteroatoms. The van der Waals surface area contributed by atoms with Gasteiger partial charge in [0.05, 0.1) is 30.0 Å². The molecule has 162 valence electrons. The van der Waals surface area contributed by atoms with Crippen molar-refractivity contribution in [1.29, 1.82) is 5.26 Å². The molecule has 0 bridgehead atoms. The summed E-state index contributed by atoms with van der Waals surface area (Å²) < 4.78 is 13.0. The number of nitriles is 1. The summed E-state index contributed by atoms with van der Waals surface area (Å²) in [5.74, 6) is 0.447. The molecular weight excluding hydrogens is 406 g/mol. The minimum atomic E-state index is -0.246. The first kappa shape index (κ1) is 20.4. The van der Waals surface area contributed by atoms with Crippen molar-refractivity contribution in [2.24, 2.45) is 0 Å². The summed E-state index contributed by atoms with van der Waals surface area (Å²) in [7, 11) is 0. The Morgan fingerprint density at radius 3 is 2.97 bits per heavy atom. The van der Waals surface area contributed by atoms with Crippen molar-refractivity contribution in [3.8, 4) is 11.9 Å². The van der Waals surface area contributed by atoms with E-state index >= 15 is 0 Å². The molecular formula is C24H23N5O3. The van der Waals surface area contributed by atoms with Crippen LogP contribution in [0.4, 0.5) is 0 Å². The number of aryl methyl sites for hydroxylation is 1. The van der Waals surface area contributed by atoms with Crippen LogP contribution < -0.4 is 0 Å². The predicted octanol–water partition coefficient (Wildman–Crippen LogP) is 3.00. The number of morpholine rings is 1. The average molecular weight is 429 g/mol. The summed E-state index contributed by atoms with van der Waals surface area (Å²) in [6, 6.07) is 7.85. The highest BCUT2D eigenvalue weighted by Gasteiger charge is 2.29. The number of ether oxygens (including phenoxy) is 2. The number of pyridine rings is 1. The van der Waals surface area contributed by atoms with Crippen LogP contribution in [0.3, 0.4) is 0 Å². The number of fused-ring (bicyclic) bond motifs is 1. The van der Waals surface area contributed by atoms with Gasteiger partial charge < -0.3 is 9.47 Å². The molecule has 3 aromatic rings. The highest BCUT2D eigenvalue weighted by molar-refractivity contribution is 5.93. The summed E-state index contributed by atoms with van der Waals surface area (Å²) >= 11 is 0. The monoisotopic (exact) mass is 429 g/mol. The predicted molar refractivity (Wildman–Crippen MR) is 115 cm³/mol. The lowest BCUT2D eigenvalue weighted by atomic mass is 9.94. The van der Waals surface area contributed by atoms with Crippen molar-refractivity contribution in [2.45, 2.75) is 33.1 Å². The van der Waals surface area contributed by atoms with Crippen LogP contribution in [-0.4, -0.2) is 45.3 Å². The van der Waals surface area contributed by atoms with Crippen LogP contribution in [-0.2, 0) is 22.6 Å². The summed E-state index contributed by atoms with van der Waals surface area (Å²) in [6.45, 7) is 7.25. The third kappa shape index (κ3) is 3.66. The number of carbonyl (C=O) groups excluding carboxylic acids is 1. The molecule has 5 rings (SSSR count). The number of hydrogen-bond donors (Lipinski definition) is 0. The maximum atomic E-state index is 11.8. The zero-order valence-corrected chi connectivity index (χ0v) is 18.0. The van der Waals surface area contributed by atoms with E-state index in [1.807, 2.05) is 44.4 Å². The van der Waals surface area contributed by atoms with E-state index in [4.69, 9.17) is 14.7 Å². The van der Waals surface area contributed by atoms with Gasteiger partial charge in [0.25, 0.3) is 0 Å². The Hall–Kier alpha value is -3.54. The minimum Gasteiger partial charge on any atom is -0.457 e. The number of hydrogen-bond acceptors (Lipinski definition) is 7. The molecule has 0 amide bonds. The van der Waals surface area contributed by atoms with Crippen LogP contribution in [0, 0.1) is 25.2 Å². The zero-order chi connectivity index (χ0) is 22.2. The Labute approximate surface area is 186 Å². The van der Waals surface area contributed by atoms with Gasteiger partial charge in [0.2, 0.25) is 0 Å². The van der Waals surface area contributed by atoms with Crippen LogP contribution >= 0.6 is 0 Å². The summed E-state index contributed by atoms with van der Waals surface area (Å²) in [4.78, 5) is 18.5. The number of nitrogens with zero attached hydrogens (tertiary/aromatic N) is 5. The van der Waals surface area contributed by atoms with Crippen LogP contribution in [0.2, 0.25) is 0 Å². The van der Waals surface area contributed by atoms with Crippen LogP contribution in [0.15, 0.2) is 36.8 Å². The normalized spacial score (nSPS) is 18.3. The number of cyclic esters (lactones) is 1. The Morgan fingerprint density at radius 2 is 2.16 bits per heavy atom. The van der Waals surface area contributed by atoms with E-state index in [1.165, 1.54) is 0 Å². The second-order valence-electron chi connectivity index (χ2n) is 8.24. The molecule has 0 saturated carbocycles. The number of benzene rings is 1. The SMILES string of the molecule is Cc1cc(-n2cc(CN3CCO[C@@H](c4ccc5c(c4C)COC5=O)C3)cn2)ncc1C#N. The Bertz CT molecular complexity index is 1240. The maximum Gasteiger partial charge on any atom is 0.338 e. The first-order valence-corrected chi connectivity index (χ1v) is 10.6. The number of carbonyl (C=O) groups is 1. The molecule has 1 fully saturated rings. The van der Waals surface area contributed by atoms with Crippen molar-refractivity contribution in [2.75, 3.05) is 19.7 Å². The van der Waals surface area contributed by atoms with E-state index in [1.54, 1.807) is 10.9 Å². The van der Waals surface area contributed by atoms with Crippen molar-refractivity contribution < 1.29 is 14.3 Å². The van der Waals surface area contributed by atoms with Crippen molar-refractivity contribution >= 4 is 5.97 Å². The third-order valence-corrected chi connectivity index (χ3v) is 6.20. The fourth-order valence-corrected chi connectivity index (χ4v) is 4.36. The molecule has 8 nitrogen and oxygen atoms in total. The van der Waals surface area contributed by atoms with Gasteiger partial charge >= 0.3 is 5.97 Å². The van der Waals surface area contributed by atoms with Gasteiger partial charge in [0.1, 0.15) is 12.7 Å². The molecule has 1 aromatic carbocycles. The molecule has 1 atom stereocenters. The van der Waals surface area contributed by atoms with E-state index in [0.29, 0.717) is 30.2 Å². The Morgan fingerprint density at radius 1 is 1.28 bits per heavy atom. The molecule has 2 aromatic heterocycles. The van der Waals surface area contributed by atoms with Gasteiger partial charge in [-0.05, 0) is 42.7 Å². The zero-order valence-electron chi connectivity index (χ0n) is 18.0. The first-order chi connectivity index (χ1) is 15.5. The average Bonchev–Trinajstić information content (AvgIpc) is 3.41. The summed E-state index contributed by atoms with van der Waals surface area (Å²) in [6.07, 6.45) is 5.35. The van der Waals surface area contributed by atoms with Crippen molar-refractivity contribution in [3.63, 3.8) is 0 Å². The smallest absolute Gasteiger partial charge is 0.338 e. The largest absolute Gasteiger partial charge is 0.457 e. The second-order valence-corrected chi connectivity index (χ2v) is 8.24. The van der Waals surface area contributed by atoms with E-state index in [-0.39, 0.29) is 12.1 Å². The quantitative estimate of drug-likeness (QED) is 0.589.